The molecule has 1 heterocycles. The quantitative estimate of drug-likeness (QED) is 0.175. The number of ketones is 1. The number of Topliss-reactive ketones (excluding diaryl/α,β-unsaturated/α-hetero) is 1. The van der Waals surface area contributed by atoms with Crippen molar-refractivity contribution in [3.05, 3.63) is 77.4 Å². The van der Waals surface area contributed by atoms with Gasteiger partial charge >= 0.3 is 5.97 Å². The monoisotopic (exact) mass is 618 g/mol. The van der Waals surface area contributed by atoms with E-state index >= 15 is 0 Å². The van der Waals surface area contributed by atoms with Crippen LogP contribution >= 0.6 is 0 Å². The van der Waals surface area contributed by atoms with Crippen LogP contribution in [0.1, 0.15) is 51.5 Å². The van der Waals surface area contributed by atoms with Gasteiger partial charge in [0.2, 0.25) is 17.5 Å². The van der Waals surface area contributed by atoms with Crippen LogP contribution in [0.4, 0.5) is 17.6 Å². The van der Waals surface area contributed by atoms with Crippen molar-refractivity contribution < 1.29 is 46.5 Å². The summed E-state index contributed by atoms with van der Waals surface area (Å²) in [4.78, 5) is 38.3. The van der Waals surface area contributed by atoms with Gasteiger partial charge in [-0.3, -0.25) is 19.7 Å². The molecule has 1 saturated heterocycles. The van der Waals surface area contributed by atoms with Crippen LogP contribution in [-0.2, 0) is 24.8 Å². The van der Waals surface area contributed by atoms with Crippen LogP contribution in [0.5, 0.6) is 5.75 Å². The average Bonchev–Trinajstić information content (AvgIpc) is 2.99. The van der Waals surface area contributed by atoms with Gasteiger partial charge < -0.3 is 19.9 Å². The molecule has 0 saturated carbocycles. The molecule has 236 valence electrons. The van der Waals surface area contributed by atoms with E-state index in [0.717, 1.165) is 29.2 Å². The number of aliphatic carboxylic acids is 1. The molecule has 3 aromatic carbocycles. The molecule has 1 aliphatic heterocycles. The highest BCUT2D eigenvalue weighted by molar-refractivity contribution is 5.94. The Bertz CT molecular complexity index is 1490. The number of rotatable bonds is 13. The van der Waals surface area contributed by atoms with Crippen LogP contribution in [0.15, 0.2) is 48.5 Å². The Hall–Kier alpha value is -4.03. The number of fused-ring (bicyclic) bond motifs is 1. The van der Waals surface area contributed by atoms with Gasteiger partial charge in [0, 0.05) is 18.2 Å². The van der Waals surface area contributed by atoms with Gasteiger partial charge in [-0.25, -0.2) is 8.78 Å². The Kier molecular flexibility index (Phi) is 10.6. The highest BCUT2D eigenvalue weighted by atomic mass is 19.2. The minimum absolute atomic E-state index is 0.0165. The van der Waals surface area contributed by atoms with Gasteiger partial charge in [0.15, 0.2) is 23.2 Å². The van der Waals surface area contributed by atoms with E-state index in [-0.39, 0.29) is 18.4 Å². The van der Waals surface area contributed by atoms with E-state index in [1.54, 1.807) is 0 Å². The molecule has 8 nitrogen and oxygen atoms in total. The summed E-state index contributed by atoms with van der Waals surface area (Å²) in [6, 6.07) is 10.9. The molecule has 1 fully saturated rings. The molecule has 44 heavy (non-hydrogen) atoms. The molecule has 1 amide bonds. The minimum atomic E-state index is -1.86. The average molecular weight is 619 g/mol. The fraction of sp³-hybridized carbons (Fsp3) is 0.406. The Morgan fingerprint density at radius 2 is 1.66 bits per heavy atom. The predicted molar refractivity (Wildman–Crippen MR) is 153 cm³/mol. The van der Waals surface area contributed by atoms with Crippen molar-refractivity contribution in [3.63, 3.8) is 0 Å². The summed E-state index contributed by atoms with van der Waals surface area (Å²) in [5.74, 6) is -11.9. The lowest BCUT2D eigenvalue weighted by Gasteiger charge is -2.42. The lowest BCUT2D eigenvalue weighted by molar-refractivity contribution is -0.142. The van der Waals surface area contributed by atoms with E-state index in [1.807, 2.05) is 56.3 Å². The molecule has 0 aromatic heterocycles. The molecular formula is C32H34F4N2O6. The summed E-state index contributed by atoms with van der Waals surface area (Å²) in [6.45, 7) is 3.05. The molecule has 12 heteroatoms. The normalized spacial score (nSPS) is 18.2. The molecule has 3 N–H and O–H groups in total. The van der Waals surface area contributed by atoms with Crippen molar-refractivity contribution in [3.8, 4) is 5.75 Å². The first-order valence-corrected chi connectivity index (χ1v) is 14.3. The van der Waals surface area contributed by atoms with Crippen LogP contribution in [0.3, 0.4) is 0 Å². The number of hydrogen-bond acceptors (Lipinski definition) is 6. The Balaban J connectivity index is 1.59. The number of carboxylic acid groups (broad SMARTS) is 1. The fourth-order valence-electron chi connectivity index (χ4n) is 5.37. The first-order chi connectivity index (χ1) is 20.9. The predicted octanol–water partition coefficient (Wildman–Crippen LogP) is 5.36. The van der Waals surface area contributed by atoms with Crippen molar-refractivity contribution in [1.29, 1.82) is 0 Å². The number of carbonyl (C=O) groups excluding carboxylic acids is 2. The number of amides is 1. The third-order valence-corrected chi connectivity index (χ3v) is 7.44. The van der Waals surface area contributed by atoms with Crippen molar-refractivity contribution in [1.82, 2.24) is 10.6 Å². The Morgan fingerprint density at radius 3 is 2.30 bits per heavy atom. The number of hydrogen-bond donors (Lipinski definition) is 3. The van der Waals surface area contributed by atoms with E-state index in [0.29, 0.717) is 13.0 Å². The zero-order valence-electron chi connectivity index (χ0n) is 24.3. The van der Waals surface area contributed by atoms with Crippen molar-refractivity contribution >= 4 is 28.4 Å². The molecule has 0 aliphatic carbocycles. The van der Waals surface area contributed by atoms with Crippen LogP contribution in [0.2, 0.25) is 0 Å². The van der Waals surface area contributed by atoms with Crippen molar-refractivity contribution in [2.75, 3.05) is 13.2 Å². The van der Waals surface area contributed by atoms with E-state index in [2.05, 4.69) is 10.6 Å². The molecule has 4 rings (SSSR count). The van der Waals surface area contributed by atoms with Crippen LogP contribution in [0.25, 0.3) is 10.8 Å². The molecule has 1 unspecified atom stereocenters. The van der Waals surface area contributed by atoms with E-state index < -0.39 is 77.5 Å². The molecule has 0 bridgehead atoms. The second kappa shape index (κ2) is 14.2. The third kappa shape index (κ3) is 7.54. The second-order valence-electron chi connectivity index (χ2n) is 11.2. The first-order valence-electron chi connectivity index (χ1n) is 14.3. The van der Waals surface area contributed by atoms with E-state index in [4.69, 9.17) is 9.47 Å². The zero-order valence-corrected chi connectivity index (χ0v) is 24.3. The van der Waals surface area contributed by atoms with Crippen LogP contribution in [-0.4, -0.2) is 48.1 Å². The largest absolute Gasteiger partial charge is 0.481 e. The molecule has 0 radical (unpaired) electrons. The molecule has 1 aliphatic rings. The number of benzene rings is 3. The summed E-state index contributed by atoms with van der Waals surface area (Å²) >= 11 is 0. The zero-order chi connectivity index (χ0) is 32.0. The number of nitrogens with one attached hydrogen (secondary N) is 2. The van der Waals surface area contributed by atoms with Crippen molar-refractivity contribution in [2.45, 2.75) is 63.8 Å². The summed E-state index contributed by atoms with van der Waals surface area (Å²) in [5, 5.41) is 17.2. The van der Waals surface area contributed by atoms with Gasteiger partial charge in [-0.15, -0.1) is 0 Å². The van der Waals surface area contributed by atoms with Crippen molar-refractivity contribution in [2.24, 2.45) is 5.92 Å². The topological polar surface area (TPSA) is 114 Å². The minimum Gasteiger partial charge on any atom is -0.481 e. The lowest BCUT2D eigenvalue weighted by atomic mass is 9.88. The third-order valence-electron chi connectivity index (χ3n) is 7.44. The van der Waals surface area contributed by atoms with Crippen LogP contribution < -0.4 is 15.4 Å². The lowest BCUT2D eigenvalue weighted by Crippen LogP contribution is -2.58. The highest BCUT2D eigenvalue weighted by Crippen LogP contribution is 2.38. The maximum Gasteiger partial charge on any atom is 0.305 e. The second-order valence-corrected chi connectivity index (χ2v) is 11.2. The van der Waals surface area contributed by atoms with Crippen LogP contribution in [0, 0.1) is 29.2 Å². The number of carboxylic acids is 1. The fourth-order valence-corrected chi connectivity index (χ4v) is 5.37. The summed E-state index contributed by atoms with van der Waals surface area (Å²) in [6.07, 6.45) is 1.56. The number of halogens is 4. The number of carbonyl (C=O) groups is 3. The smallest absolute Gasteiger partial charge is 0.305 e. The summed E-state index contributed by atoms with van der Waals surface area (Å²) in [5.41, 5.74) is -0.239. The SMILES string of the molecule is CC(C)C[C@H](NC1(c2cccc3ccccc23)CCCCO1)C(=O)N[C@@H](CC(=O)O)C(=O)COc1c(F)c(F)cc(F)c1F. The van der Waals surface area contributed by atoms with Gasteiger partial charge in [0.25, 0.3) is 0 Å². The van der Waals surface area contributed by atoms with E-state index in [1.165, 1.54) is 0 Å². The maximum absolute atomic E-state index is 14.0. The first kappa shape index (κ1) is 32.9. The number of ether oxygens (including phenoxy) is 2. The van der Waals surface area contributed by atoms with Gasteiger partial charge in [-0.05, 0) is 42.4 Å². The van der Waals surface area contributed by atoms with Gasteiger partial charge in [0.05, 0.1) is 12.5 Å². The standard InChI is InChI=1S/C32H34F4N2O6/c1-18(2)14-25(38-32(12-5-6-13-44-32)21-11-7-9-19-8-3-4-10-20(19)21)31(42)37-24(16-27(40)41)26(39)17-43-30-28(35)22(33)15-23(34)29(30)36/h3-4,7-11,15,18,24-25,38H,5-6,12-14,16-17H2,1-2H3,(H,37,42)(H,40,41)/t24-,25-,32?/m0/s1. The Labute approximate surface area is 251 Å². The van der Waals surface area contributed by atoms with Gasteiger partial charge in [0.1, 0.15) is 18.4 Å². The summed E-state index contributed by atoms with van der Waals surface area (Å²) < 4.78 is 66.3. The van der Waals surface area contributed by atoms with Gasteiger partial charge in [-0.1, -0.05) is 56.3 Å². The highest BCUT2D eigenvalue weighted by Gasteiger charge is 2.41. The maximum atomic E-state index is 14.0. The Morgan fingerprint density at radius 1 is 0.977 bits per heavy atom. The molecule has 3 atom stereocenters. The molecular weight excluding hydrogens is 584 g/mol. The van der Waals surface area contributed by atoms with E-state index in [9.17, 15) is 37.1 Å². The molecule has 3 aromatic rings. The summed E-state index contributed by atoms with van der Waals surface area (Å²) in [7, 11) is 0. The van der Waals surface area contributed by atoms with Gasteiger partial charge in [-0.2, -0.15) is 8.78 Å². The molecule has 0 spiro atoms.